The van der Waals surface area contributed by atoms with Gasteiger partial charge in [0, 0.05) is 18.5 Å². The van der Waals surface area contributed by atoms with E-state index in [1.807, 2.05) is 0 Å². The zero-order chi connectivity index (χ0) is 13.0. The Balaban J connectivity index is 2.01. The van der Waals surface area contributed by atoms with Gasteiger partial charge in [-0.15, -0.1) is 22.9 Å². The van der Waals surface area contributed by atoms with Crippen LogP contribution < -0.4 is 0 Å². The first-order valence-electron chi connectivity index (χ1n) is 6.63. The Morgan fingerprint density at radius 2 is 2.50 bits per heavy atom. The lowest BCUT2D eigenvalue weighted by molar-refractivity contribution is 0.215. The minimum atomic E-state index is 0.308. The zero-order valence-electron chi connectivity index (χ0n) is 10.8. The molecular weight excluding hydrogens is 268 g/mol. The first kappa shape index (κ1) is 14.3. The molecule has 0 bridgehead atoms. The molecule has 5 heteroatoms. The number of aliphatic hydroxyl groups excluding tert-OH is 1. The van der Waals surface area contributed by atoms with Crippen LogP contribution in [0.15, 0.2) is 5.38 Å². The van der Waals surface area contributed by atoms with Crippen molar-refractivity contribution in [3.05, 3.63) is 16.1 Å². The number of aromatic nitrogens is 1. The quantitative estimate of drug-likeness (QED) is 0.818. The van der Waals surface area contributed by atoms with Crippen molar-refractivity contribution in [3.8, 4) is 0 Å². The molecule has 1 fully saturated rings. The number of thiazole rings is 1. The fraction of sp³-hybridized carbons (Fsp3) is 0.769. The second-order valence-corrected chi connectivity index (χ2v) is 6.05. The number of nitrogens with zero attached hydrogens (tertiary/aromatic N) is 2. The number of rotatable bonds is 6. The Morgan fingerprint density at radius 3 is 3.11 bits per heavy atom. The van der Waals surface area contributed by atoms with Crippen LogP contribution in [0.4, 0.5) is 0 Å². The smallest absolute Gasteiger partial charge is 0.110 e. The predicted molar refractivity (Wildman–Crippen MR) is 76.1 cm³/mol. The summed E-state index contributed by atoms with van der Waals surface area (Å²) in [4.78, 5) is 7.12. The van der Waals surface area contributed by atoms with Gasteiger partial charge in [-0.3, -0.25) is 4.90 Å². The fourth-order valence-electron chi connectivity index (χ4n) is 2.69. The predicted octanol–water partition coefficient (Wildman–Crippen LogP) is 3.04. The summed E-state index contributed by atoms with van der Waals surface area (Å²) in [7, 11) is 0. The normalized spacial score (nSPS) is 22.5. The molecular formula is C13H21ClN2OS. The first-order valence-corrected chi connectivity index (χ1v) is 8.05. The van der Waals surface area contributed by atoms with E-state index in [1.165, 1.54) is 11.4 Å². The van der Waals surface area contributed by atoms with Gasteiger partial charge in [-0.1, -0.05) is 6.92 Å². The van der Waals surface area contributed by atoms with Crippen molar-refractivity contribution in [3.63, 3.8) is 0 Å². The van der Waals surface area contributed by atoms with E-state index in [9.17, 15) is 0 Å². The number of alkyl halides is 1. The first-order chi connectivity index (χ1) is 8.78. The van der Waals surface area contributed by atoms with Crippen molar-refractivity contribution in [2.24, 2.45) is 5.92 Å². The Hall–Kier alpha value is -0.160. The van der Waals surface area contributed by atoms with Crippen molar-refractivity contribution in [2.75, 3.05) is 19.7 Å². The van der Waals surface area contributed by atoms with Gasteiger partial charge in [0.1, 0.15) is 5.01 Å². The molecule has 1 aliphatic rings. The topological polar surface area (TPSA) is 36.4 Å². The highest BCUT2D eigenvalue weighted by Gasteiger charge is 2.29. The second kappa shape index (κ2) is 6.85. The molecule has 3 nitrogen and oxygen atoms in total. The summed E-state index contributed by atoms with van der Waals surface area (Å²) in [6.45, 7) is 4.74. The van der Waals surface area contributed by atoms with Crippen LogP contribution in [-0.4, -0.2) is 34.7 Å². The average Bonchev–Trinajstić information content (AvgIpc) is 3.01. The minimum absolute atomic E-state index is 0.308. The van der Waals surface area contributed by atoms with Gasteiger partial charge < -0.3 is 5.11 Å². The molecule has 102 valence electrons. The number of halogens is 1. The highest BCUT2D eigenvalue weighted by molar-refractivity contribution is 7.09. The maximum absolute atomic E-state index is 9.02. The molecule has 1 aromatic rings. The fourth-order valence-corrected chi connectivity index (χ4v) is 3.95. The molecule has 1 aromatic heterocycles. The van der Waals surface area contributed by atoms with Crippen molar-refractivity contribution < 1.29 is 5.11 Å². The molecule has 1 saturated heterocycles. The SMILES string of the molecule is CCC(c1nc(CCl)cs1)N1CCC(CCO)C1. The third kappa shape index (κ3) is 3.23. The maximum Gasteiger partial charge on any atom is 0.110 e. The molecule has 1 aliphatic heterocycles. The van der Waals surface area contributed by atoms with Gasteiger partial charge in [-0.25, -0.2) is 4.98 Å². The standard InChI is InChI=1S/C13H21ClN2OS/c1-2-12(13-15-11(7-14)9-18-13)16-5-3-10(8-16)4-6-17/h9-10,12,17H,2-8H2,1H3. The Bertz CT molecular complexity index is 372. The van der Waals surface area contributed by atoms with Crippen LogP contribution in [0.1, 0.15) is 42.9 Å². The monoisotopic (exact) mass is 288 g/mol. The molecule has 2 heterocycles. The summed E-state index contributed by atoms with van der Waals surface area (Å²) in [5.41, 5.74) is 0.987. The third-order valence-corrected chi connectivity index (χ3v) is 4.94. The number of aliphatic hydroxyl groups is 1. The van der Waals surface area contributed by atoms with Gasteiger partial charge in [-0.05, 0) is 31.7 Å². The summed E-state index contributed by atoms with van der Waals surface area (Å²) in [5.74, 6) is 1.15. The van der Waals surface area contributed by atoms with Gasteiger partial charge >= 0.3 is 0 Å². The lowest BCUT2D eigenvalue weighted by atomic mass is 10.1. The number of likely N-dealkylation sites (tertiary alicyclic amines) is 1. The van der Waals surface area contributed by atoms with E-state index in [-0.39, 0.29) is 0 Å². The van der Waals surface area contributed by atoms with Crippen LogP contribution in [0.2, 0.25) is 0 Å². The Morgan fingerprint density at radius 1 is 1.67 bits per heavy atom. The molecule has 0 radical (unpaired) electrons. The van der Waals surface area contributed by atoms with E-state index < -0.39 is 0 Å². The molecule has 2 atom stereocenters. The summed E-state index contributed by atoms with van der Waals surface area (Å²) >= 11 is 7.54. The summed E-state index contributed by atoms with van der Waals surface area (Å²) in [6, 6.07) is 0.427. The van der Waals surface area contributed by atoms with E-state index in [0.717, 1.165) is 31.6 Å². The molecule has 2 rings (SSSR count). The Labute approximate surface area is 118 Å². The van der Waals surface area contributed by atoms with Crippen LogP contribution in [0.3, 0.4) is 0 Å². The van der Waals surface area contributed by atoms with Gasteiger partial charge in [0.25, 0.3) is 0 Å². The summed E-state index contributed by atoms with van der Waals surface area (Å²) < 4.78 is 0. The molecule has 0 aromatic carbocycles. The second-order valence-electron chi connectivity index (χ2n) is 4.90. The van der Waals surface area contributed by atoms with E-state index in [0.29, 0.717) is 24.4 Å². The minimum Gasteiger partial charge on any atom is -0.396 e. The van der Waals surface area contributed by atoms with Crippen molar-refractivity contribution >= 4 is 22.9 Å². The van der Waals surface area contributed by atoms with E-state index >= 15 is 0 Å². The van der Waals surface area contributed by atoms with Crippen LogP contribution in [0.5, 0.6) is 0 Å². The van der Waals surface area contributed by atoms with Crippen molar-refractivity contribution in [2.45, 2.75) is 38.1 Å². The summed E-state index contributed by atoms with van der Waals surface area (Å²) in [5, 5.41) is 12.3. The molecule has 18 heavy (non-hydrogen) atoms. The highest BCUT2D eigenvalue weighted by atomic mass is 35.5. The van der Waals surface area contributed by atoms with E-state index in [2.05, 4.69) is 22.2 Å². The maximum atomic E-state index is 9.02. The highest BCUT2D eigenvalue weighted by Crippen LogP contribution is 2.32. The lowest BCUT2D eigenvalue weighted by Crippen LogP contribution is -2.26. The lowest BCUT2D eigenvalue weighted by Gasteiger charge is -2.25. The summed E-state index contributed by atoms with van der Waals surface area (Å²) in [6.07, 6.45) is 3.21. The number of hydrogen-bond donors (Lipinski definition) is 1. The molecule has 0 aliphatic carbocycles. The van der Waals surface area contributed by atoms with Crippen LogP contribution in [0.25, 0.3) is 0 Å². The molecule has 0 amide bonds. The van der Waals surface area contributed by atoms with E-state index in [1.54, 1.807) is 11.3 Å². The number of hydrogen-bond acceptors (Lipinski definition) is 4. The zero-order valence-corrected chi connectivity index (χ0v) is 12.4. The van der Waals surface area contributed by atoms with Gasteiger partial charge in [-0.2, -0.15) is 0 Å². The van der Waals surface area contributed by atoms with Crippen molar-refractivity contribution in [1.29, 1.82) is 0 Å². The van der Waals surface area contributed by atoms with Gasteiger partial charge in [0.2, 0.25) is 0 Å². The van der Waals surface area contributed by atoms with Gasteiger partial charge in [0.15, 0.2) is 0 Å². The van der Waals surface area contributed by atoms with Crippen LogP contribution >= 0.6 is 22.9 Å². The molecule has 2 unspecified atom stereocenters. The van der Waals surface area contributed by atoms with Crippen LogP contribution in [0, 0.1) is 5.92 Å². The Kier molecular flexibility index (Phi) is 5.42. The molecule has 0 spiro atoms. The van der Waals surface area contributed by atoms with Crippen molar-refractivity contribution in [1.82, 2.24) is 9.88 Å². The van der Waals surface area contributed by atoms with E-state index in [4.69, 9.17) is 16.7 Å². The van der Waals surface area contributed by atoms with Gasteiger partial charge in [0.05, 0.1) is 17.6 Å². The van der Waals surface area contributed by atoms with Crippen LogP contribution in [-0.2, 0) is 5.88 Å². The third-order valence-electron chi connectivity index (χ3n) is 3.67. The average molecular weight is 289 g/mol. The molecule has 0 saturated carbocycles. The molecule has 1 N–H and O–H groups in total. The largest absolute Gasteiger partial charge is 0.396 e.